The van der Waals surface area contributed by atoms with E-state index in [4.69, 9.17) is 43.4 Å². The lowest BCUT2D eigenvalue weighted by Crippen LogP contribution is -2.05. The maximum atomic E-state index is 6.56. The molecule has 6 aromatic heterocycles. The van der Waals surface area contributed by atoms with Crippen molar-refractivity contribution in [3.63, 3.8) is 0 Å². The summed E-state index contributed by atoms with van der Waals surface area (Å²) in [7, 11) is 4.99. The van der Waals surface area contributed by atoms with Gasteiger partial charge in [0, 0.05) is 18.6 Å². The Bertz CT molecular complexity index is 2890. The van der Waals surface area contributed by atoms with Crippen LogP contribution >= 0.6 is 0 Å². The number of pyridine rings is 6. The van der Waals surface area contributed by atoms with Gasteiger partial charge in [-0.1, -0.05) is 36.4 Å². The molecule has 0 spiro atoms. The minimum absolute atomic E-state index is 0.226. The van der Waals surface area contributed by atoms with Crippen molar-refractivity contribution in [3.8, 4) is 68.7 Å². The Labute approximate surface area is 400 Å². The number of benzene rings is 3. The number of ether oxygens (including phenoxy) is 6. The van der Waals surface area contributed by atoms with Crippen LogP contribution in [-0.2, 0) is 39.1 Å². The number of aromatic nitrogens is 6. The van der Waals surface area contributed by atoms with E-state index in [0.29, 0.717) is 53.8 Å². The summed E-state index contributed by atoms with van der Waals surface area (Å²) in [5.74, 6) is 3.65. The van der Waals surface area contributed by atoms with Crippen LogP contribution in [0.4, 0.5) is 0 Å². The molecule has 9 aromatic rings. The van der Waals surface area contributed by atoms with Gasteiger partial charge in [-0.2, -0.15) is 0 Å². The average Bonchev–Trinajstić information content (AvgIpc) is 3.47. The maximum absolute atomic E-state index is 6.56. The van der Waals surface area contributed by atoms with E-state index in [0.717, 1.165) is 84.6 Å². The Morgan fingerprint density at radius 3 is 0.855 bits per heavy atom. The summed E-state index contributed by atoms with van der Waals surface area (Å²) >= 11 is 0. The van der Waals surface area contributed by atoms with Crippen LogP contribution in [0.25, 0.3) is 34.2 Å². The van der Waals surface area contributed by atoms with Crippen molar-refractivity contribution in [2.24, 2.45) is 0 Å². The monoisotopic (exact) mass is 912 g/mol. The van der Waals surface area contributed by atoms with E-state index in [1.807, 2.05) is 109 Å². The van der Waals surface area contributed by atoms with Gasteiger partial charge in [0.2, 0.25) is 0 Å². The molecule has 1 aliphatic rings. The molecule has 0 bridgehead atoms. The number of hydrogen-bond acceptors (Lipinski definition) is 12. The first kappa shape index (κ1) is 44.2. The minimum atomic E-state index is 0.226. The molecule has 0 aliphatic heterocycles. The zero-order valence-electron chi connectivity index (χ0n) is 38.5. The number of nitrogens with zero attached hydrogens (tertiary/aromatic N) is 6. The van der Waals surface area contributed by atoms with E-state index in [9.17, 15) is 0 Å². The highest BCUT2D eigenvalue weighted by atomic mass is 16.5. The topological polar surface area (TPSA) is 133 Å². The van der Waals surface area contributed by atoms with E-state index in [2.05, 4.69) is 51.4 Å². The van der Waals surface area contributed by atoms with Crippen LogP contribution in [0.2, 0.25) is 0 Å². The van der Waals surface area contributed by atoms with Crippen LogP contribution in [0.1, 0.15) is 50.5 Å². The quantitative estimate of drug-likeness (QED) is 0.0969. The van der Waals surface area contributed by atoms with Gasteiger partial charge in [0.15, 0.2) is 34.5 Å². The third-order valence-electron chi connectivity index (χ3n) is 11.9. The molecule has 0 N–H and O–H groups in total. The van der Waals surface area contributed by atoms with Crippen molar-refractivity contribution in [2.45, 2.75) is 39.1 Å². The van der Waals surface area contributed by atoms with Crippen LogP contribution < -0.4 is 28.4 Å². The number of hydrogen-bond donors (Lipinski definition) is 0. The highest BCUT2D eigenvalue weighted by molar-refractivity contribution is 5.59. The second kappa shape index (κ2) is 20.5. The lowest BCUT2D eigenvalue weighted by molar-refractivity contribution is 0.280. The van der Waals surface area contributed by atoms with E-state index in [-0.39, 0.29) is 19.8 Å². The largest absolute Gasteiger partial charge is 0.493 e. The molecule has 12 heteroatoms. The van der Waals surface area contributed by atoms with Crippen LogP contribution in [0.3, 0.4) is 0 Å². The molecular weight excluding hydrogens is 865 g/mol. The molecule has 0 unspecified atom stereocenters. The summed E-state index contributed by atoms with van der Waals surface area (Å²) < 4.78 is 37.8. The van der Waals surface area contributed by atoms with E-state index in [1.54, 1.807) is 39.9 Å². The predicted octanol–water partition coefficient (Wildman–Crippen LogP) is 10.9. The summed E-state index contributed by atoms with van der Waals surface area (Å²) in [5, 5.41) is 0. The van der Waals surface area contributed by atoms with Gasteiger partial charge >= 0.3 is 0 Å². The Morgan fingerprint density at radius 2 is 0.594 bits per heavy atom. The molecule has 3 aromatic carbocycles. The second-order valence-corrected chi connectivity index (χ2v) is 16.4. The van der Waals surface area contributed by atoms with Gasteiger partial charge in [-0.05, 0) is 162 Å². The molecule has 0 fully saturated rings. The smallest absolute Gasteiger partial charge is 0.162 e. The van der Waals surface area contributed by atoms with Crippen molar-refractivity contribution in [1.82, 2.24) is 29.9 Å². The molecule has 10 rings (SSSR count). The molecule has 12 nitrogen and oxygen atoms in total. The van der Waals surface area contributed by atoms with Gasteiger partial charge in [-0.25, -0.2) is 15.0 Å². The maximum Gasteiger partial charge on any atom is 0.162 e. The lowest BCUT2D eigenvalue weighted by atomic mass is 9.94. The molecule has 0 atom stereocenters. The van der Waals surface area contributed by atoms with Crippen molar-refractivity contribution in [3.05, 3.63) is 215 Å². The van der Waals surface area contributed by atoms with Gasteiger partial charge in [-0.3, -0.25) is 15.0 Å². The molecule has 342 valence electrons. The first-order valence-electron chi connectivity index (χ1n) is 22.6. The standard InChI is InChI=1S/C57H48N6O6/c1-64-52-28-37-25-41-32-56(68-35-44-14-11-20-50(62-44)47-17-5-8-23-59-47)54(66-3)30-39(41)27-42-33-57(69-36-45-15-12-21-51(63-45)48-18-6-9-24-60-48)53(65-2)29-38(42)26-40(37)31-55(52)67-34-43-13-10-19-49(61-43)46-16-4-7-22-58-46/h4-24,28-33H,25-27,34-36H2,1-3H3. The fraction of sp³-hybridized carbons (Fsp3) is 0.158. The minimum Gasteiger partial charge on any atom is -0.493 e. The normalized spacial score (nSPS) is 11.7. The van der Waals surface area contributed by atoms with E-state index >= 15 is 0 Å². The van der Waals surface area contributed by atoms with E-state index in [1.165, 1.54) is 0 Å². The molecule has 0 radical (unpaired) electrons. The van der Waals surface area contributed by atoms with Crippen molar-refractivity contribution in [1.29, 1.82) is 0 Å². The summed E-state index contributed by atoms with van der Waals surface area (Å²) in [6.07, 6.45) is 7.03. The van der Waals surface area contributed by atoms with Gasteiger partial charge in [0.25, 0.3) is 0 Å². The summed E-state index contributed by atoms with van der Waals surface area (Å²) in [4.78, 5) is 28.0. The van der Waals surface area contributed by atoms with Gasteiger partial charge in [0.05, 0.1) is 72.6 Å². The van der Waals surface area contributed by atoms with Crippen molar-refractivity contribution < 1.29 is 28.4 Å². The van der Waals surface area contributed by atoms with Gasteiger partial charge < -0.3 is 28.4 Å². The fourth-order valence-electron chi connectivity index (χ4n) is 8.46. The zero-order chi connectivity index (χ0) is 46.9. The number of methoxy groups -OCH3 is 3. The second-order valence-electron chi connectivity index (χ2n) is 16.4. The Kier molecular flexibility index (Phi) is 13.1. The van der Waals surface area contributed by atoms with E-state index < -0.39 is 0 Å². The molecule has 0 amide bonds. The van der Waals surface area contributed by atoms with Crippen LogP contribution in [0.5, 0.6) is 34.5 Å². The first-order valence-corrected chi connectivity index (χ1v) is 22.6. The molecular formula is C57H48N6O6. The lowest BCUT2D eigenvalue weighted by Gasteiger charge is -2.18. The number of fused-ring (bicyclic) bond motifs is 3. The summed E-state index contributed by atoms with van der Waals surface area (Å²) in [5.41, 5.74) is 13.4. The zero-order valence-corrected chi connectivity index (χ0v) is 38.5. The van der Waals surface area contributed by atoms with Gasteiger partial charge in [-0.15, -0.1) is 0 Å². The highest BCUT2D eigenvalue weighted by Crippen LogP contribution is 2.41. The number of rotatable bonds is 15. The molecule has 0 saturated heterocycles. The fourth-order valence-corrected chi connectivity index (χ4v) is 8.46. The Hall–Kier alpha value is -8.64. The van der Waals surface area contributed by atoms with Gasteiger partial charge in [0.1, 0.15) is 19.8 Å². The van der Waals surface area contributed by atoms with Crippen LogP contribution in [-0.4, -0.2) is 51.2 Å². The van der Waals surface area contributed by atoms with Crippen LogP contribution in [0.15, 0.2) is 164 Å². The van der Waals surface area contributed by atoms with Crippen molar-refractivity contribution >= 4 is 0 Å². The third kappa shape index (κ3) is 10.2. The third-order valence-corrected chi connectivity index (χ3v) is 11.9. The summed E-state index contributed by atoms with van der Waals surface area (Å²) in [6, 6.07) is 47.4. The van der Waals surface area contributed by atoms with Crippen LogP contribution in [0, 0.1) is 0 Å². The molecule has 0 saturated carbocycles. The van der Waals surface area contributed by atoms with Crippen molar-refractivity contribution in [2.75, 3.05) is 21.3 Å². The Balaban J connectivity index is 1.01. The molecule has 69 heavy (non-hydrogen) atoms. The Morgan fingerprint density at radius 1 is 0.319 bits per heavy atom. The predicted molar refractivity (Wildman–Crippen MR) is 263 cm³/mol. The SMILES string of the molecule is COc1cc2c(cc1OCc1cccc(-c3ccccn3)n1)Cc1cc(OC)c(OCc3cccc(-c4ccccn4)n3)cc1Cc1cc(OC)c(OCc3cccc(-c4ccccn4)n3)cc1C2. The first-order chi connectivity index (χ1) is 34.0. The molecule has 1 aliphatic carbocycles. The summed E-state index contributed by atoms with van der Waals surface area (Å²) in [6.45, 7) is 0.677. The highest BCUT2D eigenvalue weighted by Gasteiger charge is 2.23. The molecule has 6 heterocycles. The average molecular weight is 913 g/mol.